The molecular formula is C15H14N2O3. The third kappa shape index (κ3) is 3.35. The van der Waals surface area contributed by atoms with Gasteiger partial charge in [-0.3, -0.25) is 9.59 Å². The Bertz CT molecular complexity index is 592. The zero-order chi connectivity index (χ0) is 14.4. The molecule has 5 heteroatoms. The van der Waals surface area contributed by atoms with Crippen LogP contribution in [0.2, 0.25) is 0 Å². The molecule has 0 aliphatic carbocycles. The van der Waals surface area contributed by atoms with E-state index >= 15 is 0 Å². The van der Waals surface area contributed by atoms with Gasteiger partial charge < -0.3 is 15.4 Å². The van der Waals surface area contributed by atoms with E-state index < -0.39 is 0 Å². The number of carbonyl (C=O) groups is 2. The number of anilines is 2. The molecule has 0 bridgehead atoms. The van der Waals surface area contributed by atoms with E-state index in [1.165, 1.54) is 0 Å². The smallest absolute Gasteiger partial charge is 0.255 e. The van der Waals surface area contributed by atoms with Gasteiger partial charge in [0.15, 0.2) is 0 Å². The number of ether oxygens (including phenoxy) is 1. The molecule has 0 saturated heterocycles. The van der Waals surface area contributed by atoms with Gasteiger partial charge in [-0.2, -0.15) is 0 Å². The molecule has 0 atom stereocenters. The number of nitrogens with one attached hydrogen (secondary N) is 2. The zero-order valence-electron chi connectivity index (χ0n) is 10.9. The molecular weight excluding hydrogens is 256 g/mol. The number of methoxy groups -OCH3 is 1. The first kappa shape index (κ1) is 13.6. The van der Waals surface area contributed by atoms with Crippen LogP contribution in [0.15, 0.2) is 48.5 Å². The van der Waals surface area contributed by atoms with Gasteiger partial charge in [0.2, 0.25) is 6.41 Å². The first-order chi connectivity index (χ1) is 9.72. The highest BCUT2D eigenvalue weighted by molar-refractivity contribution is 6.04. The van der Waals surface area contributed by atoms with Crippen molar-refractivity contribution in [3.8, 4) is 5.75 Å². The number of amides is 2. The van der Waals surface area contributed by atoms with Crippen LogP contribution >= 0.6 is 0 Å². The summed E-state index contributed by atoms with van der Waals surface area (Å²) in [6.45, 7) is 0. The number of hydrogen-bond acceptors (Lipinski definition) is 3. The molecule has 0 fully saturated rings. The molecule has 0 heterocycles. The van der Waals surface area contributed by atoms with E-state index in [1.807, 2.05) is 0 Å². The lowest BCUT2D eigenvalue weighted by Crippen LogP contribution is -2.11. The summed E-state index contributed by atoms with van der Waals surface area (Å²) in [5.41, 5.74) is 1.84. The van der Waals surface area contributed by atoms with Crippen molar-refractivity contribution in [2.24, 2.45) is 0 Å². The lowest BCUT2D eigenvalue weighted by molar-refractivity contribution is -0.105. The Morgan fingerprint density at radius 3 is 2.15 bits per heavy atom. The number of rotatable bonds is 5. The Hall–Kier alpha value is -2.82. The second-order valence-electron chi connectivity index (χ2n) is 4.02. The SMILES string of the molecule is COc1ccc(NC(=O)c2ccc(NC=O)cc2)cc1. The fourth-order valence-corrected chi connectivity index (χ4v) is 1.66. The Labute approximate surface area is 116 Å². The van der Waals surface area contributed by atoms with Crippen molar-refractivity contribution in [2.75, 3.05) is 17.7 Å². The van der Waals surface area contributed by atoms with E-state index in [0.29, 0.717) is 23.3 Å². The second kappa shape index (κ2) is 6.38. The molecule has 102 valence electrons. The molecule has 0 aliphatic rings. The minimum Gasteiger partial charge on any atom is -0.497 e. The molecule has 2 aromatic carbocycles. The summed E-state index contributed by atoms with van der Waals surface area (Å²) in [5, 5.41) is 5.29. The van der Waals surface area contributed by atoms with Crippen LogP contribution in [0.4, 0.5) is 11.4 Å². The highest BCUT2D eigenvalue weighted by Crippen LogP contribution is 2.16. The fraction of sp³-hybridized carbons (Fsp3) is 0.0667. The van der Waals surface area contributed by atoms with Gasteiger partial charge in [-0.05, 0) is 48.5 Å². The summed E-state index contributed by atoms with van der Waals surface area (Å²) >= 11 is 0. The average Bonchev–Trinajstić information content (AvgIpc) is 2.49. The lowest BCUT2D eigenvalue weighted by Gasteiger charge is -2.07. The Morgan fingerprint density at radius 2 is 1.60 bits per heavy atom. The van der Waals surface area contributed by atoms with E-state index in [4.69, 9.17) is 4.74 Å². The van der Waals surface area contributed by atoms with Crippen molar-refractivity contribution in [3.05, 3.63) is 54.1 Å². The summed E-state index contributed by atoms with van der Waals surface area (Å²) in [6.07, 6.45) is 0.590. The number of hydrogen-bond donors (Lipinski definition) is 2. The summed E-state index contributed by atoms with van der Waals surface area (Å²) in [6, 6.07) is 13.7. The van der Waals surface area contributed by atoms with Crippen LogP contribution < -0.4 is 15.4 Å². The molecule has 0 radical (unpaired) electrons. The molecule has 2 rings (SSSR count). The van der Waals surface area contributed by atoms with Crippen LogP contribution in [-0.2, 0) is 4.79 Å². The number of carbonyl (C=O) groups excluding carboxylic acids is 2. The summed E-state index contributed by atoms with van der Waals surface area (Å²) in [4.78, 5) is 22.3. The van der Waals surface area contributed by atoms with Crippen LogP contribution in [0.5, 0.6) is 5.75 Å². The van der Waals surface area contributed by atoms with Crippen LogP contribution in [0.3, 0.4) is 0 Å². The van der Waals surface area contributed by atoms with E-state index in [0.717, 1.165) is 5.75 Å². The van der Waals surface area contributed by atoms with E-state index in [2.05, 4.69) is 10.6 Å². The summed E-state index contributed by atoms with van der Waals surface area (Å²) in [7, 11) is 1.59. The molecule has 0 saturated carbocycles. The second-order valence-corrected chi connectivity index (χ2v) is 4.02. The summed E-state index contributed by atoms with van der Waals surface area (Å²) < 4.78 is 5.05. The largest absolute Gasteiger partial charge is 0.497 e. The van der Waals surface area contributed by atoms with Gasteiger partial charge in [-0.25, -0.2) is 0 Å². The zero-order valence-corrected chi connectivity index (χ0v) is 10.9. The van der Waals surface area contributed by atoms with Crippen LogP contribution in [0.1, 0.15) is 10.4 Å². The highest BCUT2D eigenvalue weighted by Gasteiger charge is 2.06. The van der Waals surface area contributed by atoms with E-state index in [9.17, 15) is 9.59 Å². The van der Waals surface area contributed by atoms with Gasteiger partial charge >= 0.3 is 0 Å². The molecule has 2 amide bonds. The first-order valence-electron chi connectivity index (χ1n) is 5.98. The van der Waals surface area contributed by atoms with Gasteiger partial charge in [-0.15, -0.1) is 0 Å². The maximum Gasteiger partial charge on any atom is 0.255 e. The van der Waals surface area contributed by atoms with Crippen molar-refractivity contribution in [1.82, 2.24) is 0 Å². The van der Waals surface area contributed by atoms with Gasteiger partial charge in [0.1, 0.15) is 5.75 Å². The van der Waals surface area contributed by atoms with Crippen molar-refractivity contribution in [3.63, 3.8) is 0 Å². The molecule has 20 heavy (non-hydrogen) atoms. The van der Waals surface area contributed by atoms with Crippen LogP contribution in [0.25, 0.3) is 0 Å². The third-order valence-corrected chi connectivity index (χ3v) is 2.72. The van der Waals surface area contributed by atoms with E-state index in [-0.39, 0.29) is 5.91 Å². The minimum atomic E-state index is -0.215. The molecule has 2 N–H and O–H groups in total. The molecule has 0 aromatic heterocycles. The predicted molar refractivity (Wildman–Crippen MR) is 77.1 cm³/mol. The number of benzene rings is 2. The Kier molecular flexibility index (Phi) is 4.34. The van der Waals surface area contributed by atoms with Gasteiger partial charge in [0, 0.05) is 16.9 Å². The lowest BCUT2D eigenvalue weighted by atomic mass is 10.2. The first-order valence-corrected chi connectivity index (χ1v) is 5.98. The molecule has 2 aromatic rings. The minimum absolute atomic E-state index is 0.215. The maximum atomic E-state index is 12.0. The fourth-order valence-electron chi connectivity index (χ4n) is 1.66. The molecule has 0 aliphatic heterocycles. The third-order valence-electron chi connectivity index (χ3n) is 2.72. The van der Waals surface area contributed by atoms with E-state index in [1.54, 1.807) is 55.6 Å². The van der Waals surface area contributed by atoms with Crippen molar-refractivity contribution >= 4 is 23.7 Å². The monoisotopic (exact) mass is 270 g/mol. The van der Waals surface area contributed by atoms with Crippen LogP contribution in [-0.4, -0.2) is 19.4 Å². The topological polar surface area (TPSA) is 67.4 Å². The van der Waals surface area contributed by atoms with Crippen molar-refractivity contribution in [2.45, 2.75) is 0 Å². The van der Waals surface area contributed by atoms with Gasteiger partial charge in [-0.1, -0.05) is 0 Å². The quantitative estimate of drug-likeness (QED) is 0.820. The Balaban J connectivity index is 2.04. The normalized spacial score (nSPS) is 9.65. The molecule has 5 nitrogen and oxygen atoms in total. The van der Waals surface area contributed by atoms with Crippen molar-refractivity contribution in [1.29, 1.82) is 0 Å². The standard InChI is InChI=1S/C15H14N2O3/c1-20-14-8-6-13(7-9-14)17-15(19)11-2-4-12(5-3-11)16-10-18/h2-10H,1H3,(H,16,18)(H,17,19). The highest BCUT2D eigenvalue weighted by atomic mass is 16.5. The van der Waals surface area contributed by atoms with Crippen LogP contribution in [0, 0.1) is 0 Å². The maximum absolute atomic E-state index is 12.0. The molecule has 0 spiro atoms. The predicted octanol–water partition coefficient (Wildman–Crippen LogP) is 2.52. The molecule has 0 unspecified atom stereocenters. The Morgan fingerprint density at radius 1 is 1.00 bits per heavy atom. The van der Waals surface area contributed by atoms with Gasteiger partial charge in [0.25, 0.3) is 5.91 Å². The summed E-state index contributed by atoms with van der Waals surface area (Å²) in [5.74, 6) is 0.514. The average molecular weight is 270 g/mol. The van der Waals surface area contributed by atoms with Crippen molar-refractivity contribution < 1.29 is 14.3 Å². The van der Waals surface area contributed by atoms with Gasteiger partial charge in [0.05, 0.1) is 7.11 Å².